The summed E-state index contributed by atoms with van der Waals surface area (Å²) in [5, 5.41) is 3.67. The molecule has 1 heterocycles. The van der Waals surface area contributed by atoms with Gasteiger partial charge in [-0.05, 0) is 56.4 Å². The largest absolute Gasteiger partial charge is 0.349 e. The molecule has 0 fully saturated rings. The first-order valence-electron chi connectivity index (χ1n) is 9.76. The number of thioether (sulfide) groups is 1. The maximum Gasteiger partial charge on any atom is 0.349 e. The van der Waals surface area contributed by atoms with Gasteiger partial charge in [-0.15, -0.1) is 0 Å². The summed E-state index contributed by atoms with van der Waals surface area (Å²) >= 11 is 1.37. The molecule has 6 nitrogen and oxygen atoms in total. The van der Waals surface area contributed by atoms with Gasteiger partial charge in [-0.3, -0.25) is 9.36 Å². The number of fused-ring (bicyclic) bond motifs is 1. The topological polar surface area (TPSA) is 68.4 Å². The summed E-state index contributed by atoms with van der Waals surface area (Å²) in [7, 11) is 4.16. The standard InChI is InChI=1S/C21H28N4O2S/c1-14-10-15(2)12-16(11-14)22-19(26)13-28-20-17-6-5-7-18(17)25(21(27)23-20)9-8-24(3)4/h10-12H,5-9,13H2,1-4H3,(H,22,26)/p+1. The fourth-order valence-corrected chi connectivity index (χ4v) is 4.53. The van der Waals surface area contributed by atoms with Crippen molar-refractivity contribution in [2.45, 2.75) is 44.7 Å². The van der Waals surface area contributed by atoms with Crippen molar-refractivity contribution in [3.63, 3.8) is 0 Å². The van der Waals surface area contributed by atoms with Gasteiger partial charge < -0.3 is 10.2 Å². The number of hydrogen-bond donors (Lipinski definition) is 2. The summed E-state index contributed by atoms with van der Waals surface area (Å²) in [6.07, 6.45) is 2.88. The van der Waals surface area contributed by atoms with E-state index in [4.69, 9.17) is 0 Å². The lowest BCUT2D eigenvalue weighted by Crippen LogP contribution is -3.06. The quantitative estimate of drug-likeness (QED) is 0.541. The van der Waals surface area contributed by atoms with Crippen LogP contribution in [0.5, 0.6) is 0 Å². The molecule has 1 aromatic carbocycles. The molecule has 0 radical (unpaired) electrons. The Labute approximate surface area is 170 Å². The van der Waals surface area contributed by atoms with E-state index in [-0.39, 0.29) is 17.3 Å². The van der Waals surface area contributed by atoms with Crippen molar-refractivity contribution in [3.8, 4) is 0 Å². The third-order valence-electron chi connectivity index (χ3n) is 4.88. The van der Waals surface area contributed by atoms with E-state index in [2.05, 4.69) is 30.5 Å². The van der Waals surface area contributed by atoms with Gasteiger partial charge >= 0.3 is 5.69 Å². The number of aromatic nitrogens is 2. The van der Waals surface area contributed by atoms with E-state index in [1.165, 1.54) is 16.7 Å². The predicted molar refractivity (Wildman–Crippen MR) is 113 cm³/mol. The second kappa shape index (κ2) is 8.92. The SMILES string of the molecule is Cc1cc(C)cc(NC(=O)CSc2nc(=O)n(CC[NH+](C)C)c3c2CCC3)c1. The van der Waals surface area contributed by atoms with Gasteiger partial charge in [-0.25, -0.2) is 4.79 Å². The number of amides is 1. The van der Waals surface area contributed by atoms with Gasteiger partial charge in [-0.2, -0.15) is 4.98 Å². The minimum absolute atomic E-state index is 0.0797. The Kier molecular flexibility index (Phi) is 6.57. The van der Waals surface area contributed by atoms with Gasteiger partial charge in [0.1, 0.15) is 5.03 Å². The molecule has 0 unspecified atom stereocenters. The van der Waals surface area contributed by atoms with E-state index < -0.39 is 0 Å². The van der Waals surface area contributed by atoms with Crippen LogP contribution in [0, 0.1) is 13.8 Å². The van der Waals surface area contributed by atoms with Crippen LogP contribution in [0.25, 0.3) is 0 Å². The molecule has 3 rings (SSSR count). The summed E-state index contributed by atoms with van der Waals surface area (Å²) in [5.41, 5.74) is 5.11. The molecule has 1 amide bonds. The fraction of sp³-hybridized carbons (Fsp3) is 0.476. The smallest absolute Gasteiger partial charge is 0.338 e. The molecule has 0 spiro atoms. The zero-order valence-electron chi connectivity index (χ0n) is 17.1. The van der Waals surface area contributed by atoms with Crippen molar-refractivity contribution in [1.29, 1.82) is 0 Å². The molecule has 1 aliphatic rings. The first-order chi connectivity index (χ1) is 13.3. The van der Waals surface area contributed by atoms with Crippen LogP contribution in [0.4, 0.5) is 5.69 Å². The lowest BCUT2D eigenvalue weighted by atomic mass is 10.1. The Morgan fingerprint density at radius 1 is 1.21 bits per heavy atom. The van der Waals surface area contributed by atoms with Crippen LogP contribution >= 0.6 is 11.8 Å². The molecule has 0 atom stereocenters. The van der Waals surface area contributed by atoms with E-state index >= 15 is 0 Å². The first kappa shape index (κ1) is 20.6. The van der Waals surface area contributed by atoms with E-state index in [1.807, 2.05) is 30.5 Å². The lowest BCUT2D eigenvalue weighted by Gasteiger charge is -2.15. The molecule has 0 saturated heterocycles. The van der Waals surface area contributed by atoms with Gasteiger partial charge in [-0.1, -0.05) is 17.8 Å². The summed E-state index contributed by atoms with van der Waals surface area (Å²) in [4.78, 5) is 30.6. The third-order valence-corrected chi connectivity index (χ3v) is 5.90. The normalized spacial score (nSPS) is 13.0. The Balaban J connectivity index is 1.71. The van der Waals surface area contributed by atoms with Crippen molar-refractivity contribution in [1.82, 2.24) is 9.55 Å². The number of aryl methyl sites for hydroxylation is 2. The molecular formula is C21H29N4O2S+. The summed E-state index contributed by atoms with van der Waals surface area (Å²) < 4.78 is 1.83. The van der Waals surface area contributed by atoms with Crippen molar-refractivity contribution >= 4 is 23.4 Å². The van der Waals surface area contributed by atoms with Crippen molar-refractivity contribution < 1.29 is 9.69 Å². The number of likely N-dealkylation sites (N-methyl/N-ethyl adjacent to an activating group) is 1. The Hall–Kier alpha value is -2.12. The van der Waals surface area contributed by atoms with Gasteiger partial charge in [0.05, 0.1) is 32.9 Å². The molecule has 28 heavy (non-hydrogen) atoms. The molecule has 2 aromatic rings. The van der Waals surface area contributed by atoms with Crippen LogP contribution in [-0.2, 0) is 24.2 Å². The highest BCUT2D eigenvalue weighted by Gasteiger charge is 2.22. The maximum atomic E-state index is 12.6. The van der Waals surface area contributed by atoms with Crippen LogP contribution in [-0.4, -0.2) is 41.9 Å². The summed E-state index contributed by atoms with van der Waals surface area (Å²) in [6, 6.07) is 5.99. The number of rotatable bonds is 7. The molecule has 0 saturated carbocycles. The zero-order valence-corrected chi connectivity index (χ0v) is 17.9. The van der Waals surface area contributed by atoms with Crippen LogP contribution in [0.15, 0.2) is 28.0 Å². The number of nitrogens with one attached hydrogen (secondary N) is 2. The minimum Gasteiger partial charge on any atom is -0.338 e. The molecule has 0 aliphatic heterocycles. The predicted octanol–water partition coefficient (Wildman–Crippen LogP) is 1.22. The molecule has 2 N–H and O–H groups in total. The van der Waals surface area contributed by atoms with E-state index in [1.54, 1.807) is 0 Å². The Morgan fingerprint density at radius 3 is 2.61 bits per heavy atom. The number of carbonyl (C=O) groups is 1. The van der Waals surface area contributed by atoms with Crippen LogP contribution in [0.1, 0.15) is 28.8 Å². The number of anilines is 1. The van der Waals surface area contributed by atoms with Crippen molar-refractivity contribution in [3.05, 3.63) is 51.1 Å². The van der Waals surface area contributed by atoms with Crippen molar-refractivity contribution in [2.24, 2.45) is 0 Å². The summed E-state index contributed by atoms with van der Waals surface area (Å²) in [6.45, 7) is 5.60. The molecule has 1 aromatic heterocycles. The Morgan fingerprint density at radius 2 is 1.93 bits per heavy atom. The zero-order chi connectivity index (χ0) is 20.3. The van der Waals surface area contributed by atoms with Crippen LogP contribution < -0.4 is 15.9 Å². The van der Waals surface area contributed by atoms with E-state index in [0.717, 1.165) is 58.9 Å². The van der Waals surface area contributed by atoms with Gasteiger partial charge in [0.2, 0.25) is 5.91 Å². The molecule has 7 heteroatoms. The number of benzene rings is 1. The molecule has 1 aliphatic carbocycles. The second-order valence-electron chi connectivity index (χ2n) is 7.80. The number of hydrogen-bond acceptors (Lipinski definition) is 4. The number of nitrogens with zero attached hydrogens (tertiary/aromatic N) is 2. The van der Waals surface area contributed by atoms with E-state index in [0.29, 0.717) is 6.54 Å². The minimum atomic E-state index is -0.195. The first-order valence-corrected chi connectivity index (χ1v) is 10.7. The monoisotopic (exact) mass is 401 g/mol. The highest BCUT2D eigenvalue weighted by molar-refractivity contribution is 8.00. The number of quaternary nitrogens is 1. The molecule has 150 valence electrons. The number of carbonyl (C=O) groups excluding carboxylic acids is 1. The maximum absolute atomic E-state index is 12.6. The molecule has 0 bridgehead atoms. The lowest BCUT2D eigenvalue weighted by molar-refractivity contribution is -0.859. The van der Waals surface area contributed by atoms with Crippen LogP contribution in [0.3, 0.4) is 0 Å². The van der Waals surface area contributed by atoms with Gasteiger partial charge in [0.15, 0.2) is 0 Å². The summed E-state index contributed by atoms with van der Waals surface area (Å²) in [5.74, 6) is 0.168. The average Bonchev–Trinajstić information content (AvgIpc) is 3.07. The average molecular weight is 402 g/mol. The van der Waals surface area contributed by atoms with Gasteiger partial charge in [0, 0.05) is 16.9 Å². The fourth-order valence-electron chi connectivity index (χ4n) is 3.65. The van der Waals surface area contributed by atoms with Crippen molar-refractivity contribution in [2.75, 3.05) is 31.7 Å². The Bertz CT molecular complexity index is 916. The second-order valence-corrected chi connectivity index (χ2v) is 8.76. The van der Waals surface area contributed by atoms with E-state index in [9.17, 15) is 9.59 Å². The highest BCUT2D eigenvalue weighted by Crippen LogP contribution is 2.29. The third kappa shape index (κ3) is 5.02. The molecular weight excluding hydrogens is 372 g/mol. The van der Waals surface area contributed by atoms with Gasteiger partial charge in [0.25, 0.3) is 0 Å². The van der Waals surface area contributed by atoms with Crippen LogP contribution in [0.2, 0.25) is 0 Å². The highest BCUT2D eigenvalue weighted by atomic mass is 32.2.